The lowest BCUT2D eigenvalue weighted by Crippen LogP contribution is -2.59. The first kappa shape index (κ1) is 12.3. The van der Waals surface area contributed by atoms with Gasteiger partial charge in [0.05, 0.1) is 0 Å². The molecule has 6 rings (SSSR count). The van der Waals surface area contributed by atoms with Crippen LogP contribution in [0.1, 0.15) is 24.3 Å². The largest absolute Gasteiger partial charge is 0.454 e. The number of hydrogen-bond donors (Lipinski definition) is 0. The molecular weight excluding hydrogens is 264 g/mol. The van der Waals surface area contributed by atoms with Crippen molar-refractivity contribution in [1.82, 2.24) is 9.80 Å². The normalized spacial score (nSPS) is 40.5. The lowest BCUT2D eigenvalue weighted by atomic mass is 9.75. The van der Waals surface area contributed by atoms with Crippen LogP contribution in [0.4, 0.5) is 0 Å². The van der Waals surface area contributed by atoms with Gasteiger partial charge < -0.3 is 14.4 Å². The van der Waals surface area contributed by atoms with Crippen molar-refractivity contribution < 1.29 is 9.47 Å². The number of ether oxygens (including phenoxy) is 2. The van der Waals surface area contributed by atoms with Crippen molar-refractivity contribution in [3.8, 4) is 11.5 Å². The number of benzene rings is 1. The van der Waals surface area contributed by atoms with Crippen molar-refractivity contribution in [1.29, 1.82) is 0 Å². The van der Waals surface area contributed by atoms with Crippen LogP contribution in [0, 0.1) is 5.92 Å². The highest BCUT2D eigenvalue weighted by molar-refractivity contribution is 5.46. The van der Waals surface area contributed by atoms with Crippen molar-refractivity contribution >= 4 is 0 Å². The van der Waals surface area contributed by atoms with Gasteiger partial charge in [-0.3, -0.25) is 4.90 Å². The van der Waals surface area contributed by atoms with Crippen LogP contribution in [0.15, 0.2) is 18.2 Å². The van der Waals surface area contributed by atoms with E-state index in [1.54, 1.807) is 0 Å². The van der Waals surface area contributed by atoms with Crippen molar-refractivity contribution in [3.63, 3.8) is 0 Å². The average molecular weight is 286 g/mol. The maximum Gasteiger partial charge on any atom is 0.231 e. The van der Waals surface area contributed by atoms with E-state index in [4.69, 9.17) is 9.47 Å². The molecule has 0 amide bonds. The van der Waals surface area contributed by atoms with E-state index in [9.17, 15) is 0 Å². The number of likely N-dealkylation sites (N-methyl/N-ethyl adjacent to an activating group) is 1. The molecule has 4 fully saturated rings. The van der Waals surface area contributed by atoms with Gasteiger partial charge in [-0.2, -0.15) is 0 Å². The SMILES string of the molecule is CN1C[C@H](c2ccc3c(c2)OCO3)[C@H]2[C@@H]1C1CCN2CC1. The Morgan fingerprint density at radius 2 is 1.86 bits per heavy atom. The van der Waals surface area contributed by atoms with Crippen LogP contribution >= 0.6 is 0 Å². The van der Waals surface area contributed by atoms with Gasteiger partial charge in [0.2, 0.25) is 6.79 Å². The minimum atomic E-state index is 0.365. The molecule has 4 nitrogen and oxygen atoms in total. The molecule has 1 aromatic carbocycles. The number of piperidine rings is 3. The zero-order valence-electron chi connectivity index (χ0n) is 12.5. The molecule has 4 heteroatoms. The Balaban J connectivity index is 1.52. The van der Waals surface area contributed by atoms with E-state index in [1.165, 1.54) is 38.0 Å². The summed E-state index contributed by atoms with van der Waals surface area (Å²) >= 11 is 0. The topological polar surface area (TPSA) is 24.9 Å². The predicted molar refractivity (Wildman–Crippen MR) is 79.8 cm³/mol. The van der Waals surface area contributed by atoms with Gasteiger partial charge in [0.1, 0.15) is 0 Å². The average Bonchev–Trinajstić information content (AvgIpc) is 3.13. The van der Waals surface area contributed by atoms with E-state index in [-0.39, 0.29) is 0 Å². The zero-order valence-corrected chi connectivity index (χ0v) is 12.5. The summed E-state index contributed by atoms with van der Waals surface area (Å²) in [7, 11) is 2.31. The number of likely N-dealkylation sites (tertiary alicyclic amines) is 1. The summed E-state index contributed by atoms with van der Waals surface area (Å²) in [6.07, 6.45) is 2.78. The van der Waals surface area contributed by atoms with Crippen LogP contribution < -0.4 is 9.47 Å². The van der Waals surface area contributed by atoms with E-state index >= 15 is 0 Å². The molecule has 0 aromatic heterocycles. The van der Waals surface area contributed by atoms with Crippen LogP contribution in [-0.4, -0.2) is 55.4 Å². The molecule has 0 radical (unpaired) electrons. The fourth-order valence-electron chi connectivity index (χ4n) is 5.15. The first-order valence-corrected chi connectivity index (χ1v) is 8.15. The first-order valence-electron chi connectivity index (χ1n) is 8.15. The van der Waals surface area contributed by atoms with Crippen LogP contribution in [0.2, 0.25) is 0 Å². The minimum Gasteiger partial charge on any atom is -0.454 e. The van der Waals surface area contributed by atoms with Gasteiger partial charge in [0.25, 0.3) is 0 Å². The molecule has 21 heavy (non-hydrogen) atoms. The molecule has 0 saturated carbocycles. The molecule has 0 unspecified atom stereocenters. The summed E-state index contributed by atoms with van der Waals surface area (Å²) < 4.78 is 11.0. The summed E-state index contributed by atoms with van der Waals surface area (Å²) in [5, 5.41) is 0. The van der Waals surface area contributed by atoms with Gasteiger partial charge in [0, 0.05) is 24.5 Å². The van der Waals surface area contributed by atoms with Gasteiger partial charge >= 0.3 is 0 Å². The number of fused-ring (bicyclic) bond motifs is 3. The molecule has 2 bridgehead atoms. The van der Waals surface area contributed by atoms with Crippen molar-refractivity contribution in [2.45, 2.75) is 30.8 Å². The highest BCUT2D eigenvalue weighted by Crippen LogP contribution is 2.47. The Labute approximate surface area is 125 Å². The second-order valence-corrected chi connectivity index (χ2v) is 7.01. The minimum absolute atomic E-state index is 0.365. The monoisotopic (exact) mass is 286 g/mol. The molecule has 0 spiro atoms. The molecule has 0 aliphatic carbocycles. The Morgan fingerprint density at radius 3 is 2.71 bits per heavy atom. The maximum atomic E-state index is 5.57. The fraction of sp³-hybridized carbons (Fsp3) is 0.647. The molecular formula is C17H22N2O2. The van der Waals surface area contributed by atoms with E-state index < -0.39 is 0 Å². The Bertz CT molecular complexity index is 568. The van der Waals surface area contributed by atoms with E-state index in [1.807, 2.05) is 0 Å². The summed E-state index contributed by atoms with van der Waals surface area (Å²) in [5.74, 6) is 3.34. The van der Waals surface area contributed by atoms with Gasteiger partial charge in [-0.1, -0.05) is 6.07 Å². The quantitative estimate of drug-likeness (QED) is 0.787. The summed E-state index contributed by atoms with van der Waals surface area (Å²) in [6, 6.07) is 8.00. The third-order valence-corrected chi connectivity index (χ3v) is 6.06. The lowest BCUT2D eigenvalue weighted by Gasteiger charge is -2.51. The van der Waals surface area contributed by atoms with Gasteiger partial charge in [0.15, 0.2) is 11.5 Å². The summed E-state index contributed by atoms with van der Waals surface area (Å²) in [4.78, 5) is 5.35. The van der Waals surface area contributed by atoms with Gasteiger partial charge in [-0.15, -0.1) is 0 Å². The molecule has 5 heterocycles. The van der Waals surface area contributed by atoms with Gasteiger partial charge in [-0.25, -0.2) is 0 Å². The third-order valence-electron chi connectivity index (χ3n) is 6.06. The molecule has 5 aliphatic rings. The lowest BCUT2D eigenvalue weighted by molar-refractivity contribution is 0.000193. The molecule has 1 aromatic rings. The first-order chi connectivity index (χ1) is 10.3. The Hall–Kier alpha value is -1.26. The third kappa shape index (κ3) is 1.69. The molecule has 3 atom stereocenters. The van der Waals surface area contributed by atoms with E-state index in [0.717, 1.165) is 23.5 Å². The van der Waals surface area contributed by atoms with Crippen LogP contribution in [0.5, 0.6) is 11.5 Å². The second kappa shape index (κ2) is 4.37. The summed E-state index contributed by atoms with van der Waals surface area (Å²) in [5.41, 5.74) is 1.42. The molecule has 0 N–H and O–H groups in total. The second-order valence-electron chi connectivity index (χ2n) is 7.01. The maximum absolute atomic E-state index is 5.57. The zero-order chi connectivity index (χ0) is 14.0. The fourth-order valence-corrected chi connectivity index (χ4v) is 5.15. The molecule has 4 saturated heterocycles. The molecule has 5 aliphatic heterocycles. The number of hydrogen-bond acceptors (Lipinski definition) is 4. The molecule has 112 valence electrons. The summed E-state index contributed by atoms with van der Waals surface area (Å²) in [6.45, 7) is 4.12. The van der Waals surface area contributed by atoms with E-state index in [2.05, 4.69) is 35.0 Å². The standard InChI is InChI=1S/C17H22N2O2/c1-18-9-13(12-2-3-14-15(8-12)21-10-20-14)17-16(18)11-4-6-19(17)7-5-11/h2-3,8,11,13,16-17H,4-7,9-10H2,1H3/t13-,16+,17+/m1/s1. The van der Waals surface area contributed by atoms with Crippen LogP contribution in [0.25, 0.3) is 0 Å². The highest BCUT2D eigenvalue weighted by Gasteiger charge is 2.52. The van der Waals surface area contributed by atoms with Gasteiger partial charge in [-0.05, 0) is 56.6 Å². The smallest absolute Gasteiger partial charge is 0.231 e. The van der Waals surface area contributed by atoms with Crippen molar-refractivity contribution in [2.75, 3.05) is 33.5 Å². The van der Waals surface area contributed by atoms with Crippen molar-refractivity contribution in [2.24, 2.45) is 5.92 Å². The van der Waals surface area contributed by atoms with Crippen LogP contribution in [-0.2, 0) is 0 Å². The Morgan fingerprint density at radius 1 is 1.05 bits per heavy atom. The number of nitrogens with zero attached hydrogens (tertiary/aromatic N) is 2. The Kier molecular flexibility index (Phi) is 2.56. The van der Waals surface area contributed by atoms with E-state index in [0.29, 0.717) is 18.8 Å². The van der Waals surface area contributed by atoms with Crippen LogP contribution in [0.3, 0.4) is 0 Å². The number of rotatable bonds is 1. The van der Waals surface area contributed by atoms with Crippen molar-refractivity contribution in [3.05, 3.63) is 23.8 Å². The predicted octanol–water partition coefficient (Wildman–Crippen LogP) is 1.91. The highest BCUT2D eigenvalue weighted by atomic mass is 16.7.